The Balaban J connectivity index is 1.90. The number of hydrogen-bond donors (Lipinski definition) is 2. The van der Waals surface area contributed by atoms with Gasteiger partial charge in [0.1, 0.15) is 22.9 Å². The van der Waals surface area contributed by atoms with Crippen LogP contribution in [-0.4, -0.2) is 17.0 Å². The molecular weight excluding hydrogens is 370 g/mol. The number of hydrogen-bond acceptors (Lipinski definition) is 7. The van der Waals surface area contributed by atoms with Gasteiger partial charge in [0.15, 0.2) is 0 Å². The second-order valence-corrected chi connectivity index (χ2v) is 7.24. The van der Waals surface area contributed by atoms with E-state index in [0.717, 1.165) is 10.4 Å². The van der Waals surface area contributed by atoms with Crippen LogP contribution in [0.1, 0.15) is 33.3 Å². The average molecular weight is 387 g/mol. The number of anilines is 1. The number of phenolic OH excluding ortho intramolecular Hbond substituents is 1. The number of nitrogens with one attached hydrogen (secondary N) is 1. The molecule has 0 aliphatic carbocycles. The van der Waals surface area contributed by atoms with E-state index >= 15 is 0 Å². The van der Waals surface area contributed by atoms with Gasteiger partial charge in [0.2, 0.25) is 5.91 Å². The summed E-state index contributed by atoms with van der Waals surface area (Å²) in [6, 6.07) is 5.60. The van der Waals surface area contributed by atoms with Crippen molar-refractivity contribution < 1.29 is 23.8 Å². The number of aromatic hydroxyl groups is 1. The molecule has 1 aromatic carbocycles. The number of ether oxygens (including phenoxy) is 1. The predicted octanol–water partition coefficient (Wildman–Crippen LogP) is 3.49. The molecule has 7 nitrogen and oxygen atoms in total. The molecule has 2 aromatic heterocycles. The highest BCUT2D eigenvalue weighted by Gasteiger charge is 2.22. The number of phenols is 1. The van der Waals surface area contributed by atoms with Gasteiger partial charge in [0.25, 0.3) is 0 Å². The first-order valence-corrected chi connectivity index (χ1v) is 8.88. The molecule has 0 unspecified atom stereocenters. The smallest absolute Gasteiger partial charge is 0.341 e. The van der Waals surface area contributed by atoms with E-state index in [9.17, 15) is 19.5 Å². The minimum Gasteiger partial charge on any atom is -0.508 e. The van der Waals surface area contributed by atoms with Crippen molar-refractivity contribution in [3.63, 3.8) is 0 Å². The number of fused-ring (bicyclic) bond motifs is 1. The highest BCUT2D eigenvalue weighted by atomic mass is 32.1. The first-order valence-electron chi connectivity index (χ1n) is 8.06. The largest absolute Gasteiger partial charge is 0.508 e. The zero-order valence-electron chi connectivity index (χ0n) is 14.9. The fourth-order valence-corrected chi connectivity index (χ4v) is 3.77. The molecule has 27 heavy (non-hydrogen) atoms. The summed E-state index contributed by atoms with van der Waals surface area (Å²) in [5.41, 5.74) is 1.09. The van der Waals surface area contributed by atoms with Crippen LogP contribution in [0, 0.1) is 13.8 Å². The standard InChI is InChI=1S/C19H17NO6S/c1-9-10(2)27-18(20-11(3)21)17(9)19(24)25-8-12-6-16(23)26-15-7-13(22)4-5-14(12)15/h4-7,22H,8H2,1-3H3,(H,20,21). The summed E-state index contributed by atoms with van der Waals surface area (Å²) in [6.45, 7) is 4.84. The van der Waals surface area contributed by atoms with Crippen molar-refractivity contribution in [3.8, 4) is 5.75 Å². The van der Waals surface area contributed by atoms with Gasteiger partial charge < -0.3 is 19.6 Å². The molecule has 0 atom stereocenters. The molecule has 0 bridgehead atoms. The minimum atomic E-state index is -0.611. The Morgan fingerprint density at radius 1 is 1.26 bits per heavy atom. The van der Waals surface area contributed by atoms with Crippen molar-refractivity contribution in [2.75, 3.05) is 5.32 Å². The lowest BCUT2D eigenvalue weighted by atomic mass is 10.1. The molecule has 1 amide bonds. The Morgan fingerprint density at radius 3 is 2.70 bits per heavy atom. The first-order chi connectivity index (χ1) is 12.8. The number of esters is 1. The van der Waals surface area contributed by atoms with Crippen LogP contribution in [0.5, 0.6) is 5.75 Å². The number of amides is 1. The summed E-state index contributed by atoms with van der Waals surface area (Å²) < 4.78 is 10.5. The molecule has 0 fully saturated rings. The molecule has 0 saturated carbocycles. The molecule has 0 saturated heterocycles. The molecule has 2 N–H and O–H groups in total. The van der Waals surface area contributed by atoms with E-state index in [-0.39, 0.29) is 23.8 Å². The predicted molar refractivity (Wildman–Crippen MR) is 101 cm³/mol. The first kappa shape index (κ1) is 18.7. The number of rotatable bonds is 4. The van der Waals surface area contributed by atoms with Crippen LogP contribution in [0.3, 0.4) is 0 Å². The normalized spacial score (nSPS) is 10.8. The molecule has 0 aliphatic rings. The number of carbonyl (C=O) groups is 2. The number of thiophene rings is 1. The molecule has 3 rings (SSSR count). The Kier molecular flexibility index (Phi) is 5.00. The van der Waals surface area contributed by atoms with E-state index in [0.29, 0.717) is 21.5 Å². The van der Waals surface area contributed by atoms with Crippen molar-refractivity contribution in [3.05, 3.63) is 56.3 Å². The van der Waals surface area contributed by atoms with Gasteiger partial charge in [-0.05, 0) is 31.5 Å². The van der Waals surface area contributed by atoms with Crippen LogP contribution >= 0.6 is 11.3 Å². The summed E-state index contributed by atoms with van der Waals surface area (Å²) in [7, 11) is 0. The van der Waals surface area contributed by atoms with Crippen molar-refractivity contribution in [1.29, 1.82) is 0 Å². The van der Waals surface area contributed by atoms with Gasteiger partial charge in [-0.25, -0.2) is 9.59 Å². The van der Waals surface area contributed by atoms with Crippen LogP contribution in [0.4, 0.5) is 5.00 Å². The SMILES string of the molecule is CC(=O)Nc1sc(C)c(C)c1C(=O)OCc1cc(=O)oc2cc(O)ccc12. The van der Waals surface area contributed by atoms with Gasteiger partial charge in [0.05, 0.1) is 5.56 Å². The fourth-order valence-electron chi connectivity index (χ4n) is 2.67. The third kappa shape index (κ3) is 3.85. The molecule has 3 aromatic rings. The number of carbonyl (C=O) groups excluding carboxylic acids is 2. The Hall–Kier alpha value is -3.13. The van der Waals surface area contributed by atoms with Crippen LogP contribution in [-0.2, 0) is 16.1 Å². The van der Waals surface area contributed by atoms with E-state index in [1.165, 1.54) is 36.5 Å². The van der Waals surface area contributed by atoms with Crippen molar-refractivity contribution in [2.24, 2.45) is 0 Å². The fraction of sp³-hybridized carbons (Fsp3) is 0.211. The lowest BCUT2D eigenvalue weighted by molar-refractivity contribution is -0.114. The molecular formula is C19H17NO6S. The van der Waals surface area contributed by atoms with Gasteiger partial charge in [-0.1, -0.05) is 0 Å². The highest BCUT2D eigenvalue weighted by molar-refractivity contribution is 7.16. The van der Waals surface area contributed by atoms with Crippen molar-refractivity contribution >= 4 is 39.2 Å². The summed E-state index contributed by atoms with van der Waals surface area (Å²) in [4.78, 5) is 36.6. The van der Waals surface area contributed by atoms with Crippen LogP contribution in [0.2, 0.25) is 0 Å². The second kappa shape index (κ2) is 7.24. The van der Waals surface area contributed by atoms with E-state index in [1.807, 2.05) is 6.92 Å². The molecule has 8 heteroatoms. The zero-order valence-corrected chi connectivity index (χ0v) is 15.7. The van der Waals surface area contributed by atoms with Crippen molar-refractivity contribution in [2.45, 2.75) is 27.4 Å². The molecule has 0 radical (unpaired) electrons. The van der Waals surface area contributed by atoms with Gasteiger partial charge in [0, 0.05) is 34.9 Å². The van der Waals surface area contributed by atoms with Gasteiger partial charge >= 0.3 is 11.6 Å². The number of aryl methyl sites for hydroxylation is 1. The Morgan fingerprint density at radius 2 is 2.00 bits per heavy atom. The Labute approximate surface area is 158 Å². The maximum absolute atomic E-state index is 12.6. The van der Waals surface area contributed by atoms with E-state index in [1.54, 1.807) is 13.0 Å². The monoisotopic (exact) mass is 387 g/mol. The average Bonchev–Trinajstić information content (AvgIpc) is 2.85. The quantitative estimate of drug-likeness (QED) is 0.524. The van der Waals surface area contributed by atoms with E-state index < -0.39 is 11.6 Å². The third-order valence-corrected chi connectivity index (χ3v) is 5.17. The summed E-state index contributed by atoms with van der Waals surface area (Å²) in [6.07, 6.45) is 0. The lowest BCUT2D eigenvalue weighted by Gasteiger charge is -2.09. The zero-order chi connectivity index (χ0) is 19.7. The summed E-state index contributed by atoms with van der Waals surface area (Å²) >= 11 is 1.30. The van der Waals surface area contributed by atoms with Gasteiger partial charge in [-0.3, -0.25) is 4.79 Å². The molecule has 0 spiro atoms. The molecule has 0 aliphatic heterocycles. The van der Waals surface area contributed by atoms with E-state index in [2.05, 4.69) is 5.32 Å². The second-order valence-electron chi connectivity index (χ2n) is 6.02. The summed E-state index contributed by atoms with van der Waals surface area (Å²) in [5.74, 6) is -0.915. The third-order valence-electron chi connectivity index (χ3n) is 4.05. The van der Waals surface area contributed by atoms with Crippen LogP contribution in [0.15, 0.2) is 33.5 Å². The van der Waals surface area contributed by atoms with Crippen LogP contribution < -0.4 is 10.9 Å². The van der Waals surface area contributed by atoms with Crippen LogP contribution in [0.25, 0.3) is 11.0 Å². The van der Waals surface area contributed by atoms with Gasteiger partial charge in [-0.2, -0.15) is 0 Å². The maximum atomic E-state index is 12.6. The minimum absolute atomic E-state index is 0.0379. The topological polar surface area (TPSA) is 106 Å². The molecule has 2 heterocycles. The molecule has 140 valence electrons. The lowest BCUT2D eigenvalue weighted by Crippen LogP contribution is -2.12. The Bertz CT molecular complexity index is 1110. The van der Waals surface area contributed by atoms with Crippen molar-refractivity contribution in [1.82, 2.24) is 0 Å². The maximum Gasteiger partial charge on any atom is 0.341 e. The summed E-state index contributed by atoms with van der Waals surface area (Å²) in [5, 5.41) is 13.2. The number of benzene rings is 1. The van der Waals surface area contributed by atoms with Gasteiger partial charge in [-0.15, -0.1) is 11.3 Å². The van der Waals surface area contributed by atoms with E-state index in [4.69, 9.17) is 9.15 Å². The highest BCUT2D eigenvalue weighted by Crippen LogP contribution is 2.33.